The molecule has 0 amide bonds. The van der Waals surface area contributed by atoms with Crippen LogP contribution < -0.4 is 14.4 Å². The number of aryl methyl sites for hydroxylation is 1. The van der Waals surface area contributed by atoms with Gasteiger partial charge in [-0.3, -0.25) is 0 Å². The molecule has 0 aromatic heterocycles. The monoisotopic (exact) mass is 376 g/mol. The van der Waals surface area contributed by atoms with E-state index < -0.39 is 16.1 Å². The molecule has 1 aliphatic rings. The van der Waals surface area contributed by atoms with E-state index in [1.165, 1.54) is 11.6 Å². The van der Waals surface area contributed by atoms with Crippen LogP contribution in [0.4, 0.5) is 5.69 Å². The number of benzene rings is 2. The Morgan fingerprint density at radius 1 is 1.27 bits per heavy atom. The van der Waals surface area contributed by atoms with Gasteiger partial charge in [0, 0.05) is 25.8 Å². The van der Waals surface area contributed by atoms with E-state index in [0.29, 0.717) is 11.3 Å². The third-order valence-corrected chi connectivity index (χ3v) is 6.18. The molecule has 1 atom stereocenters. The molecule has 0 spiro atoms. The van der Waals surface area contributed by atoms with Crippen molar-refractivity contribution in [3.63, 3.8) is 0 Å². The molecule has 0 aliphatic carbocycles. The van der Waals surface area contributed by atoms with Crippen LogP contribution >= 0.6 is 0 Å². The summed E-state index contributed by atoms with van der Waals surface area (Å²) in [6.07, 6.45) is 0.0313. The maximum absolute atomic E-state index is 12.5. The fraction of sp³-hybridized carbons (Fsp3) is 0.368. The normalized spacial score (nSPS) is 15.0. The molecule has 7 heteroatoms. The first-order chi connectivity index (χ1) is 12.3. The standard InChI is InChI=1S/C19H24N2O4S/c1-13-10-16(5-7-19(13)25-3)26(23,24)20-12-18(22)15-4-6-17-14(11-15)8-9-21(17)2/h4-7,10-11,18,20,22H,8-9,12H2,1-3H3. The van der Waals surface area contributed by atoms with Crippen molar-refractivity contribution in [1.82, 2.24) is 4.72 Å². The predicted octanol–water partition coefficient (Wildman–Crippen LogP) is 2.01. The van der Waals surface area contributed by atoms with E-state index in [1.807, 2.05) is 25.2 Å². The highest BCUT2D eigenvalue weighted by Gasteiger charge is 2.20. The topological polar surface area (TPSA) is 78.9 Å². The zero-order chi connectivity index (χ0) is 18.9. The molecule has 0 bridgehead atoms. The molecule has 0 saturated heterocycles. The third-order valence-electron chi connectivity index (χ3n) is 4.76. The Hall–Kier alpha value is -2.09. The minimum Gasteiger partial charge on any atom is -0.496 e. The summed E-state index contributed by atoms with van der Waals surface area (Å²) in [5.74, 6) is 0.632. The number of nitrogens with one attached hydrogen (secondary N) is 1. The van der Waals surface area contributed by atoms with Gasteiger partial charge >= 0.3 is 0 Å². The fourth-order valence-corrected chi connectivity index (χ4v) is 4.32. The van der Waals surface area contributed by atoms with Gasteiger partial charge in [-0.05, 0) is 54.3 Å². The van der Waals surface area contributed by atoms with Crippen LogP contribution in [0.3, 0.4) is 0 Å². The molecule has 2 aromatic carbocycles. The molecule has 0 fully saturated rings. The van der Waals surface area contributed by atoms with Gasteiger partial charge in [0.1, 0.15) is 5.75 Å². The molecule has 0 radical (unpaired) electrons. The van der Waals surface area contributed by atoms with Gasteiger partial charge in [0.05, 0.1) is 18.1 Å². The first-order valence-electron chi connectivity index (χ1n) is 8.48. The number of methoxy groups -OCH3 is 1. The average Bonchev–Trinajstić information content (AvgIpc) is 3.00. The van der Waals surface area contributed by atoms with Crippen LogP contribution in [0, 0.1) is 6.92 Å². The first-order valence-corrected chi connectivity index (χ1v) is 9.96. The summed E-state index contributed by atoms with van der Waals surface area (Å²) >= 11 is 0. The molecule has 140 valence electrons. The summed E-state index contributed by atoms with van der Waals surface area (Å²) in [7, 11) is -0.129. The van der Waals surface area contributed by atoms with Gasteiger partial charge in [-0.15, -0.1) is 0 Å². The number of anilines is 1. The lowest BCUT2D eigenvalue weighted by Crippen LogP contribution is -2.28. The summed E-state index contributed by atoms with van der Waals surface area (Å²) in [5.41, 5.74) is 3.79. The quantitative estimate of drug-likeness (QED) is 0.806. The van der Waals surface area contributed by atoms with Crippen molar-refractivity contribution in [2.75, 3.05) is 32.1 Å². The number of rotatable bonds is 6. The van der Waals surface area contributed by atoms with E-state index in [4.69, 9.17) is 4.74 Å². The van der Waals surface area contributed by atoms with Crippen molar-refractivity contribution in [1.29, 1.82) is 0 Å². The number of nitrogens with zero attached hydrogens (tertiary/aromatic N) is 1. The van der Waals surface area contributed by atoms with Crippen molar-refractivity contribution in [2.24, 2.45) is 0 Å². The van der Waals surface area contributed by atoms with Crippen molar-refractivity contribution >= 4 is 15.7 Å². The predicted molar refractivity (Wildman–Crippen MR) is 101 cm³/mol. The second-order valence-electron chi connectivity index (χ2n) is 6.56. The molecule has 2 N–H and O–H groups in total. The summed E-state index contributed by atoms with van der Waals surface area (Å²) in [4.78, 5) is 2.32. The second-order valence-corrected chi connectivity index (χ2v) is 8.33. The molecule has 26 heavy (non-hydrogen) atoms. The van der Waals surface area contributed by atoms with Gasteiger partial charge in [-0.2, -0.15) is 0 Å². The average molecular weight is 376 g/mol. The van der Waals surface area contributed by atoms with Crippen molar-refractivity contribution < 1.29 is 18.3 Å². The Morgan fingerprint density at radius 3 is 2.73 bits per heavy atom. The van der Waals surface area contributed by atoms with Gasteiger partial charge in [0.15, 0.2) is 0 Å². The smallest absolute Gasteiger partial charge is 0.240 e. The molecule has 3 rings (SSSR count). The lowest BCUT2D eigenvalue weighted by molar-refractivity contribution is 0.182. The van der Waals surface area contributed by atoms with Crippen LogP contribution in [0.15, 0.2) is 41.3 Å². The van der Waals surface area contributed by atoms with Gasteiger partial charge < -0.3 is 14.7 Å². The van der Waals surface area contributed by atoms with Gasteiger partial charge in [0.2, 0.25) is 10.0 Å². The Balaban J connectivity index is 1.70. The zero-order valence-corrected chi connectivity index (χ0v) is 16.0. The molecule has 1 aliphatic heterocycles. The minimum atomic E-state index is -3.70. The van der Waals surface area contributed by atoms with E-state index in [1.54, 1.807) is 26.2 Å². The highest BCUT2D eigenvalue weighted by Crippen LogP contribution is 2.29. The van der Waals surface area contributed by atoms with E-state index >= 15 is 0 Å². The molecule has 1 heterocycles. The maximum atomic E-state index is 12.5. The number of ether oxygens (including phenoxy) is 1. The number of hydrogen-bond acceptors (Lipinski definition) is 5. The fourth-order valence-electron chi connectivity index (χ4n) is 3.20. The number of likely N-dealkylation sites (N-methyl/N-ethyl adjacent to an activating group) is 1. The lowest BCUT2D eigenvalue weighted by atomic mass is 10.0. The number of hydrogen-bond donors (Lipinski definition) is 2. The van der Waals surface area contributed by atoms with Crippen LogP contribution in [0.1, 0.15) is 22.8 Å². The Morgan fingerprint density at radius 2 is 2.04 bits per heavy atom. The second kappa shape index (κ2) is 7.26. The third kappa shape index (κ3) is 3.70. The molecular weight excluding hydrogens is 352 g/mol. The van der Waals surface area contributed by atoms with Gasteiger partial charge in [0.25, 0.3) is 0 Å². The summed E-state index contributed by atoms with van der Waals surface area (Å²) in [6.45, 7) is 2.66. The molecule has 0 saturated carbocycles. The zero-order valence-electron chi connectivity index (χ0n) is 15.2. The van der Waals surface area contributed by atoms with Crippen LogP contribution in [-0.2, 0) is 16.4 Å². The number of aliphatic hydroxyl groups is 1. The lowest BCUT2D eigenvalue weighted by Gasteiger charge is -2.16. The summed E-state index contributed by atoms with van der Waals surface area (Å²) in [5, 5.41) is 10.4. The van der Waals surface area contributed by atoms with E-state index in [2.05, 4.69) is 9.62 Å². The number of sulfonamides is 1. The summed E-state index contributed by atoms with van der Waals surface area (Å²) in [6, 6.07) is 10.4. The number of aliphatic hydroxyl groups excluding tert-OH is 1. The number of fused-ring (bicyclic) bond motifs is 1. The van der Waals surface area contributed by atoms with Crippen LogP contribution in [0.5, 0.6) is 5.75 Å². The molecular formula is C19H24N2O4S. The van der Waals surface area contributed by atoms with E-state index in [0.717, 1.165) is 24.2 Å². The first kappa shape index (κ1) is 18.7. The minimum absolute atomic E-state index is 0.0813. The van der Waals surface area contributed by atoms with Gasteiger partial charge in [-0.1, -0.05) is 12.1 Å². The van der Waals surface area contributed by atoms with Gasteiger partial charge in [-0.25, -0.2) is 13.1 Å². The van der Waals surface area contributed by atoms with Crippen LogP contribution in [-0.4, -0.2) is 40.8 Å². The summed E-state index contributed by atoms with van der Waals surface area (Å²) < 4.78 is 32.6. The van der Waals surface area contributed by atoms with E-state index in [9.17, 15) is 13.5 Å². The Labute approximate surface area is 154 Å². The molecule has 6 nitrogen and oxygen atoms in total. The van der Waals surface area contributed by atoms with Crippen LogP contribution in [0.25, 0.3) is 0 Å². The highest BCUT2D eigenvalue weighted by molar-refractivity contribution is 7.89. The SMILES string of the molecule is COc1ccc(S(=O)(=O)NCC(O)c2ccc3c(c2)CCN3C)cc1C. The molecule has 2 aromatic rings. The van der Waals surface area contributed by atoms with Crippen molar-refractivity contribution in [3.8, 4) is 5.75 Å². The molecule has 1 unspecified atom stereocenters. The Kier molecular flexibility index (Phi) is 5.22. The van der Waals surface area contributed by atoms with Crippen molar-refractivity contribution in [2.45, 2.75) is 24.3 Å². The highest BCUT2D eigenvalue weighted by atomic mass is 32.2. The van der Waals surface area contributed by atoms with Crippen molar-refractivity contribution in [3.05, 3.63) is 53.1 Å². The van der Waals surface area contributed by atoms with E-state index in [-0.39, 0.29) is 11.4 Å². The van der Waals surface area contributed by atoms with Crippen LogP contribution in [0.2, 0.25) is 0 Å². The largest absolute Gasteiger partial charge is 0.496 e. The Bertz CT molecular complexity index is 912. The maximum Gasteiger partial charge on any atom is 0.240 e.